The van der Waals surface area contributed by atoms with Crippen LogP contribution in [0.3, 0.4) is 0 Å². The molecule has 1 aliphatic rings. The Bertz CT molecular complexity index is 457. The first-order valence-electron chi connectivity index (χ1n) is 9.49. The van der Waals surface area contributed by atoms with E-state index in [0.29, 0.717) is 11.7 Å². The predicted octanol–water partition coefficient (Wildman–Crippen LogP) is 6.42. The summed E-state index contributed by atoms with van der Waals surface area (Å²) in [7, 11) is 0. The summed E-state index contributed by atoms with van der Waals surface area (Å²) in [5, 5.41) is 0. The Morgan fingerprint density at radius 1 is 0.957 bits per heavy atom. The third-order valence-electron chi connectivity index (χ3n) is 5.30. The Hall–Kier alpha value is -1.18. The molecule has 0 heterocycles. The van der Waals surface area contributed by atoms with Gasteiger partial charge in [-0.2, -0.15) is 0 Å². The van der Waals surface area contributed by atoms with Crippen molar-refractivity contribution >= 4 is 5.78 Å². The molecule has 1 saturated carbocycles. The molecular weight excluding hydrogens is 287 g/mol. The molecule has 0 radical (unpaired) electrons. The van der Waals surface area contributed by atoms with E-state index in [0.717, 1.165) is 38.5 Å². The topological polar surface area (TPSA) is 17.1 Å². The molecule has 0 bridgehead atoms. The van der Waals surface area contributed by atoms with Crippen LogP contribution in [0.4, 0.5) is 4.39 Å². The minimum absolute atomic E-state index is 0.170. The van der Waals surface area contributed by atoms with Gasteiger partial charge in [0, 0.05) is 12.3 Å². The van der Waals surface area contributed by atoms with Gasteiger partial charge in [-0.25, -0.2) is 4.39 Å². The highest BCUT2D eigenvalue weighted by atomic mass is 19.1. The molecule has 1 nitrogen and oxygen atoms in total. The highest BCUT2D eigenvalue weighted by Crippen LogP contribution is 2.36. The van der Waals surface area contributed by atoms with Gasteiger partial charge in [0.2, 0.25) is 0 Å². The zero-order valence-electron chi connectivity index (χ0n) is 14.5. The van der Waals surface area contributed by atoms with Gasteiger partial charge in [0.05, 0.1) is 0 Å². The lowest BCUT2D eigenvalue weighted by Crippen LogP contribution is -2.21. The summed E-state index contributed by atoms with van der Waals surface area (Å²) in [6, 6.07) is 6.90. The monoisotopic (exact) mass is 318 g/mol. The second kappa shape index (κ2) is 9.85. The number of rotatable bonds is 9. The van der Waals surface area contributed by atoms with Crippen molar-refractivity contribution in [3.8, 4) is 0 Å². The van der Waals surface area contributed by atoms with Gasteiger partial charge in [-0.3, -0.25) is 4.79 Å². The second-order valence-corrected chi connectivity index (χ2v) is 7.08. The SMILES string of the molecule is CCCCCCCCC(=O)C1CCC(c2ccc(F)cc2)CC1. The number of hydrogen-bond donors (Lipinski definition) is 0. The highest BCUT2D eigenvalue weighted by molar-refractivity contribution is 5.81. The van der Waals surface area contributed by atoms with E-state index in [1.54, 1.807) is 12.1 Å². The molecule has 1 fully saturated rings. The van der Waals surface area contributed by atoms with Gasteiger partial charge in [-0.15, -0.1) is 0 Å². The zero-order valence-corrected chi connectivity index (χ0v) is 14.5. The van der Waals surface area contributed by atoms with Gasteiger partial charge in [-0.05, 0) is 55.7 Å². The van der Waals surface area contributed by atoms with Gasteiger partial charge in [0.25, 0.3) is 0 Å². The van der Waals surface area contributed by atoms with Crippen LogP contribution in [-0.4, -0.2) is 5.78 Å². The summed E-state index contributed by atoms with van der Waals surface area (Å²) < 4.78 is 13.0. The van der Waals surface area contributed by atoms with Crippen LogP contribution < -0.4 is 0 Å². The van der Waals surface area contributed by atoms with Gasteiger partial charge in [0.1, 0.15) is 11.6 Å². The van der Waals surface area contributed by atoms with E-state index in [1.807, 2.05) is 12.1 Å². The lowest BCUT2D eigenvalue weighted by Gasteiger charge is -2.28. The number of hydrogen-bond acceptors (Lipinski definition) is 1. The summed E-state index contributed by atoms with van der Waals surface area (Å²) in [6.45, 7) is 2.23. The minimum Gasteiger partial charge on any atom is -0.299 e. The molecule has 0 spiro atoms. The van der Waals surface area contributed by atoms with E-state index in [2.05, 4.69) is 6.92 Å². The number of carbonyl (C=O) groups is 1. The first-order chi connectivity index (χ1) is 11.2. The third-order valence-corrected chi connectivity index (χ3v) is 5.30. The molecule has 1 aliphatic carbocycles. The van der Waals surface area contributed by atoms with E-state index in [1.165, 1.54) is 37.7 Å². The van der Waals surface area contributed by atoms with Crippen LogP contribution in [0.25, 0.3) is 0 Å². The number of carbonyl (C=O) groups excluding carboxylic acids is 1. The maximum atomic E-state index is 13.0. The van der Waals surface area contributed by atoms with Crippen molar-refractivity contribution in [3.05, 3.63) is 35.6 Å². The van der Waals surface area contributed by atoms with Crippen LogP contribution in [0.1, 0.15) is 89.0 Å². The summed E-state index contributed by atoms with van der Waals surface area (Å²) in [6.07, 6.45) is 12.4. The molecule has 23 heavy (non-hydrogen) atoms. The molecule has 0 saturated heterocycles. The molecular formula is C21H31FO. The van der Waals surface area contributed by atoms with E-state index < -0.39 is 0 Å². The van der Waals surface area contributed by atoms with Crippen LogP contribution in [0.5, 0.6) is 0 Å². The largest absolute Gasteiger partial charge is 0.299 e. The maximum absolute atomic E-state index is 13.0. The molecule has 0 unspecified atom stereocenters. The van der Waals surface area contributed by atoms with Crippen molar-refractivity contribution in [3.63, 3.8) is 0 Å². The summed E-state index contributed by atoms with van der Waals surface area (Å²) in [4.78, 5) is 12.3. The molecule has 0 atom stereocenters. The summed E-state index contributed by atoms with van der Waals surface area (Å²) in [5.41, 5.74) is 1.23. The quantitative estimate of drug-likeness (QED) is 0.480. The van der Waals surface area contributed by atoms with E-state index >= 15 is 0 Å². The van der Waals surface area contributed by atoms with E-state index in [-0.39, 0.29) is 11.7 Å². The molecule has 2 rings (SSSR count). The standard InChI is InChI=1S/C21H31FO/c1-2-3-4-5-6-7-8-21(23)19-11-9-17(10-12-19)18-13-15-20(22)16-14-18/h13-17,19H,2-12H2,1H3. The van der Waals surface area contributed by atoms with Gasteiger partial charge < -0.3 is 0 Å². The van der Waals surface area contributed by atoms with E-state index in [4.69, 9.17) is 0 Å². The Kier molecular flexibility index (Phi) is 7.78. The summed E-state index contributed by atoms with van der Waals surface area (Å²) >= 11 is 0. The van der Waals surface area contributed by atoms with Crippen molar-refractivity contribution in [2.24, 2.45) is 5.92 Å². The molecule has 0 aliphatic heterocycles. The van der Waals surface area contributed by atoms with E-state index in [9.17, 15) is 9.18 Å². The van der Waals surface area contributed by atoms with Crippen molar-refractivity contribution in [2.45, 2.75) is 83.5 Å². The predicted molar refractivity (Wildman–Crippen MR) is 94.1 cm³/mol. The summed E-state index contributed by atoms with van der Waals surface area (Å²) in [5.74, 6) is 1.10. The average Bonchev–Trinajstić information content (AvgIpc) is 2.58. The zero-order chi connectivity index (χ0) is 16.5. The minimum atomic E-state index is -0.170. The number of halogens is 1. The fraction of sp³-hybridized carbons (Fsp3) is 0.667. The third kappa shape index (κ3) is 6.08. The Labute approximate surface area is 140 Å². The number of unbranched alkanes of at least 4 members (excludes halogenated alkanes) is 5. The molecule has 1 aromatic rings. The molecule has 0 N–H and O–H groups in total. The van der Waals surface area contributed by atoms with Gasteiger partial charge in [0.15, 0.2) is 0 Å². The molecule has 0 amide bonds. The fourth-order valence-corrected chi connectivity index (χ4v) is 3.77. The first-order valence-corrected chi connectivity index (χ1v) is 9.49. The Morgan fingerprint density at radius 3 is 2.22 bits per heavy atom. The Morgan fingerprint density at radius 2 is 1.57 bits per heavy atom. The lowest BCUT2D eigenvalue weighted by molar-refractivity contribution is -0.124. The van der Waals surface area contributed by atoms with Crippen molar-refractivity contribution in [2.75, 3.05) is 0 Å². The molecule has 2 heteroatoms. The van der Waals surface area contributed by atoms with Crippen LogP contribution >= 0.6 is 0 Å². The van der Waals surface area contributed by atoms with Crippen LogP contribution in [-0.2, 0) is 4.79 Å². The number of Topliss-reactive ketones (excluding diaryl/α,β-unsaturated/α-hetero) is 1. The highest BCUT2D eigenvalue weighted by Gasteiger charge is 2.26. The number of benzene rings is 1. The molecule has 128 valence electrons. The molecule has 1 aromatic carbocycles. The van der Waals surface area contributed by atoms with Crippen molar-refractivity contribution in [1.29, 1.82) is 0 Å². The molecule has 0 aromatic heterocycles. The lowest BCUT2D eigenvalue weighted by atomic mass is 9.76. The average molecular weight is 318 g/mol. The van der Waals surface area contributed by atoms with Crippen molar-refractivity contribution < 1.29 is 9.18 Å². The second-order valence-electron chi connectivity index (χ2n) is 7.08. The smallest absolute Gasteiger partial charge is 0.135 e. The first kappa shape index (κ1) is 18.2. The maximum Gasteiger partial charge on any atom is 0.135 e. The van der Waals surface area contributed by atoms with Crippen molar-refractivity contribution in [1.82, 2.24) is 0 Å². The van der Waals surface area contributed by atoms with Gasteiger partial charge in [-0.1, -0.05) is 51.2 Å². The number of ketones is 1. The Balaban J connectivity index is 1.65. The fourth-order valence-electron chi connectivity index (χ4n) is 3.77. The van der Waals surface area contributed by atoms with Crippen LogP contribution in [0, 0.1) is 11.7 Å². The van der Waals surface area contributed by atoms with Gasteiger partial charge >= 0.3 is 0 Å². The van der Waals surface area contributed by atoms with Crippen LogP contribution in [0.2, 0.25) is 0 Å². The normalized spacial score (nSPS) is 21.3. The van der Waals surface area contributed by atoms with Crippen LogP contribution in [0.15, 0.2) is 24.3 Å².